The molecule has 1 aliphatic heterocycles. The molecule has 2 aromatic heterocycles. The normalized spacial score (nSPS) is 16.6. The van der Waals surface area contributed by atoms with Crippen LogP contribution in [-0.2, 0) is 4.74 Å². The summed E-state index contributed by atoms with van der Waals surface area (Å²) in [5, 5.41) is 4.58. The number of hydrogen-bond donors (Lipinski definition) is 1. The number of nitrogens with one attached hydrogen (secondary N) is 1. The highest BCUT2D eigenvalue weighted by molar-refractivity contribution is 7.18. The fourth-order valence-corrected chi connectivity index (χ4v) is 3.30. The molecule has 0 atom stereocenters. The first-order valence-electron chi connectivity index (χ1n) is 7.08. The van der Waals surface area contributed by atoms with Gasteiger partial charge >= 0.3 is 0 Å². The number of thiophene rings is 1. The van der Waals surface area contributed by atoms with Gasteiger partial charge in [0.25, 0.3) is 0 Å². The minimum Gasteiger partial charge on any atom is -0.379 e. The highest BCUT2D eigenvalue weighted by Crippen LogP contribution is 2.27. The van der Waals surface area contributed by atoms with Crippen molar-refractivity contribution in [2.75, 3.05) is 44.7 Å². The van der Waals surface area contributed by atoms with Gasteiger partial charge in [0.15, 0.2) is 0 Å². The lowest BCUT2D eigenvalue weighted by Crippen LogP contribution is -2.37. The summed E-state index contributed by atoms with van der Waals surface area (Å²) in [4.78, 5) is 13.5. The van der Waals surface area contributed by atoms with Crippen molar-refractivity contribution in [1.29, 1.82) is 0 Å². The van der Waals surface area contributed by atoms with Gasteiger partial charge in [-0.2, -0.15) is 0 Å². The second-order valence-corrected chi connectivity index (χ2v) is 6.27. The van der Waals surface area contributed by atoms with Crippen molar-refractivity contribution in [2.45, 2.75) is 13.3 Å². The van der Waals surface area contributed by atoms with Crippen LogP contribution in [0.15, 0.2) is 12.4 Å². The third kappa shape index (κ3) is 3.26. The Bertz CT molecular complexity index is 565. The second kappa shape index (κ2) is 6.47. The van der Waals surface area contributed by atoms with Crippen LogP contribution in [0.1, 0.15) is 11.3 Å². The summed E-state index contributed by atoms with van der Waals surface area (Å²) >= 11 is 1.72. The Hall–Kier alpha value is -1.24. The van der Waals surface area contributed by atoms with Crippen LogP contribution in [0.4, 0.5) is 5.82 Å². The molecule has 3 heterocycles. The monoisotopic (exact) mass is 292 g/mol. The lowest BCUT2D eigenvalue weighted by molar-refractivity contribution is 0.0378. The fourth-order valence-electron chi connectivity index (χ4n) is 2.45. The van der Waals surface area contributed by atoms with Gasteiger partial charge in [-0.1, -0.05) is 0 Å². The first-order chi connectivity index (χ1) is 9.83. The Balaban J connectivity index is 1.52. The van der Waals surface area contributed by atoms with Gasteiger partial charge in [-0.15, -0.1) is 11.3 Å². The molecule has 108 valence electrons. The molecule has 2 aromatic rings. The van der Waals surface area contributed by atoms with Gasteiger partial charge in [0.1, 0.15) is 17.0 Å². The van der Waals surface area contributed by atoms with E-state index < -0.39 is 0 Å². The molecule has 0 spiro atoms. The number of fused-ring (bicyclic) bond motifs is 1. The van der Waals surface area contributed by atoms with E-state index in [1.54, 1.807) is 17.7 Å². The molecular weight excluding hydrogens is 272 g/mol. The molecule has 0 amide bonds. The van der Waals surface area contributed by atoms with Gasteiger partial charge in [-0.3, -0.25) is 4.90 Å². The minimum absolute atomic E-state index is 0.869. The third-order valence-corrected chi connectivity index (χ3v) is 4.46. The molecule has 1 N–H and O–H groups in total. The van der Waals surface area contributed by atoms with E-state index in [1.807, 2.05) is 0 Å². The molecule has 1 aliphatic rings. The largest absolute Gasteiger partial charge is 0.379 e. The Morgan fingerprint density at radius 1 is 1.35 bits per heavy atom. The van der Waals surface area contributed by atoms with Crippen molar-refractivity contribution >= 4 is 27.4 Å². The molecule has 0 aliphatic carbocycles. The molecule has 1 fully saturated rings. The molecule has 0 saturated carbocycles. The maximum atomic E-state index is 5.35. The summed E-state index contributed by atoms with van der Waals surface area (Å²) in [7, 11) is 0. The maximum absolute atomic E-state index is 5.35. The van der Waals surface area contributed by atoms with Gasteiger partial charge < -0.3 is 10.1 Å². The SMILES string of the molecule is Cc1cc2c(NCCCN3CCOCC3)ncnc2s1. The number of hydrogen-bond acceptors (Lipinski definition) is 6. The lowest BCUT2D eigenvalue weighted by atomic mass is 10.3. The lowest BCUT2D eigenvalue weighted by Gasteiger charge is -2.26. The number of rotatable bonds is 5. The number of aromatic nitrogens is 2. The molecule has 6 heteroatoms. The zero-order chi connectivity index (χ0) is 13.8. The Morgan fingerprint density at radius 2 is 2.20 bits per heavy atom. The quantitative estimate of drug-likeness (QED) is 0.856. The van der Waals surface area contributed by atoms with E-state index in [2.05, 4.69) is 33.2 Å². The highest BCUT2D eigenvalue weighted by atomic mass is 32.1. The maximum Gasteiger partial charge on any atom is 0.138 e. The average Bonchev–Trinajstić information content (AvgIpc) is 2.86. The Kier molecular flexibility index (Phi) is 4.44. The molecule has 0 bridgehead atoms. The number of nitrogens with zero attached hydrogens (tertiary/aromatic N) is 3. The van der Waals surface area contributed by atoms with Crippen molar-refractivity contribution in [3.8, 4) is 0 Å². The van der Waals surface area contributed by atoms with E-state index in [1.165, 1.54) is 4.88 Å². The molecule has 20 heavy (non-hydrogen) atoms. The molecule has 3 rings (SSSR count). The van der Waals surface area contributed by atoms with E-state index in [9.17, 15) is 0 Å². The number of ether oxygens (including phenoxy) is 1. The van der Waals surface area contributed by atoms with Crippen molar-refractivity contribution < 1.29 is 4.74 Å². The van der Waals surface area contributed by atoms with Crippen LogP contribution in [0.25, 0.3) is 10.2 Å². The highest BCUT2D eigenvalue weighted by Gasteiger charge is 2.10. The van der Waals surface area contributed by atoms with Crippen LogP contribution >= 0.6 is 11.3 Å². The van der Waals surface area contributed by atoms with Crippen LogP contribution in [0.2, 0.25) is 0 Å². The molecule has 1 saturated heterocycles. The summed E-state index contributed by atoms with van der Waals surface area (Å²) in [5.74, 6) is 0.960. The number of anilines is 1. The first kappa shape index (κ1) is 13.7. The summed E-state index contributed by atoms with van der Waals surface area (Å²) in [6.45, 7) is 8.02. The van der Waals surface area contributed by atoms with Crippen LogP contribution in [0.5, 0.6) is 0 Å². The van der Waals surface area contributed by atoms with Gasteiger partial charge in [-0.05, 0) is 26.0 Å². The zero-order valence-corrected chi connectivity index (χ0v) is 12.6. The van der Waals surface area contributed by atoms with Crippen LogP contribution in [0.3, 0.4) is 0 Å². The summed E-state index contributed by atoms with van der Waals surface area (Å²) < 4.78 is 5.35. The number of aryl methyl sites for hydroxylation is 1. The fraction of sp³-hybridized carbons (Fsp3) is 0.571. The molecule has 0 aromatic carbocycles. The predicted molar refractivity (Wildman–Crippen MR) is 82.5 cm³/mol. The van der Waals surface area contributed by atoms with Gasteiger partial charge in [0, 0.05) is 24.5 Å². The van der Waals surface area contributed by atoms with E-state index in [4.69, 9.17) is 4.74 Å². The average molecular weight is 292 g/mol. The topological polar surface area (TPSA) is 50.3 Å². The standard InChI is InChI=1S/C14H20N4OS/c1-11-9-12-13(16-10-17-14(12)20-11)15-3-2-4-18-5-7-19-8-6-18/h9-10H,2-8H2,1H3,(H,15,16,17). The summed E-state index contributed by atoms with van der Waals surface area (Å²) in [5.41, 5.74) is 0. The van der Waals surface area contributed by atoms with Gasteiger partial charge in [-0.25, -0.2) is 9.97 Å². The first-order valence-corrected chi connectivity index (χ1v) is 7.90. The third-order valence-electron chi connectivity index (χ3n) is 3.50. The predicted octanol–water partition coefficient (Wildman–Crippen LogP) is 2.13. The molecule has 5 nitrogen and oxygen atoms in total. The minimum atomic E-state index is 0.869. The second-order valence-electron chi connectivity index (χ2n) is 5.03. The van der Waals surface area contributed by atoms with Crippen LogP contribution in [-0.4, -0.2) is 54.3 Å². The van der Waals surface area contributed by atoms with Crippen LogP contribution in [0, 0.1) is 6.92 Å². The molecular formula is C14H20N4OS. The molecule has 0 radical (unpaired) electrons. The summed E-state index contributed by atoms with van der Waals surface area (Å²) in [6, 6.07) is 2.16. The van der Waals surface area contributed by atoms with E-state index in [-0.39, 0.29) is 0 Å². The molecule has 0 unspecified atom stereocenters. The van der Waals surface area contributed by atoms with Crippen molar-refractivity contribution in [3.05, 3.63) is 17.3 Å². The van der Waals surface area contributed by atoms with E-state index in [0.29, 0.717) is 0 Å². The smallest absolute Gasteiger partial charge is 0.138 e. The van der Waals surface area contributed by atoms with Gasteiger partial charge in [0.05, 0.1) is 18.6 Å². The van der Waals surface area contributed by atoms with Crippen molar-refractivity contribution in [1.82, 2.24) is 14.9 Å². The van der Waals surface area contributed by atoms with Crippen molar-refractivity contribution in [3.63, 3.8) is 0 Å². The summed E-state index contributed by atoms with van der Waals surface area (Å²) in [6.07, 6.45) is 2.76. The van der Waals surface area contributed by atoms with E-state index >= 15 is 0 Å². The van der Waals surface area contributed by atoms with Crippen molar-refractivity contribution in [2.24, 2.45) is 0 Å². The van der Waals surface area contributed by atoms with E-state index in [0.717, 1.165) is 61.8 Å². The Morgan fingerprint density at radius 3 is 3.05 bits per heavy atom. The number of morpholine rings is 1. The van der Waals surface area contributed by atoms with Gasteiger partial charge in [0.2, 0.25) is 0 Å². The van der Waals surface area contributed by atoms with Crippen LogP contribution < -0.4 is 5.32 Å². The Labute approximate surface area is 123 Å². The zero-order valence-electron chi connectivity index (χ0n) is 11.8.